The van der Waals surface area contributed by atoms with Gasteiger partial charge in [0.05, 0.1) is 24.5 Å². The van der Waals surface area contributed by atoms with E-state index in [4.69, 9.17) is 9.47 Å². The number of benzene rings is 1. The first-order valence-corrected chi connectivity index (χ1v) is 9.99. The maximum atomic E-state index is 12.6. The minimum atomic E-state index is -0.0275. The molecule has 8 heteroatoms. The molecule has 0 saturated carbocycles. The monoisotopic (exact) mass is 396 g/mol. The molecule has 144 valence electrons. The molecule has 1 aliphatic rings. The number of hydrogen-bond acceptors (Lipinski definition) is 7. The minimum absolute atomic E-state index is 0.0275. The van der Waals surface area contributed by atoms with Crippen LogP contribution < -0.4 is 9.47 Å². The average molecular weight is 396 g/mol. The molecule has 0 N–H and O–H groups in total. The second-order valence-corrected chi connectivity index (χ2v) is 7.22. The van der Waals surface area contributed by atoms with Gasteiger partial charge in [0.25, 0.3) is 5.91 Å². The first kappa shape index (κ1) is 18.4. The van der Waals surface area contributed by atoms with E-state index in [0.29, 0.717) is 29.6 Å². The van der Waals surface area contributed by atoms with Crippen molar-refractivity contribution in [2.75, 3.05) is 20.2 Å². The Morgan fingerprint density at radius 3 is 2.89 bits per heavy atom. The van der Waals surface area contributed by atoms with Gasteiger partial charge in [0, 0.05) is 30.6 Å². The van der Waals surface area contributed by atoms with Gasteiger partial charge in [0.15, 0.2) is 11.5 Å². The van der Waals surface area contributed by atoms with Crippen LogP contribution in [-0.4, -0.2) is 46.0 Å². The third-order valence-corrected chi connectivity index (χ3v) is 5.28. The van der Waals surface area contributed by atoms with Crippen LogP contribution in [0.2, 0.25) is 0 Å². The lowest BCUT2D eigenvalue weighted by atomic mass is 9.95. The molecule has 1 saturated heterocycles. The molecule has 0 bridgehead atoms. The summed E-state index contributed by atoms with van der Waals surface area (Å²) >= 11 is 1.43. The molecule has 4 rings (SSSR count). The summed E-state index contributed by atoms with van der Waals surface area (Å²) in [6, 6.07) is 7.40. The fourth-order valence-corrected chi connectivity index (χ4v) is 3.83. The zero-order valence-electron chi connectivity index (χ0n) is 15.4. The molecule has 7 nitrogen and oxygen atoms in total. The summed E-state index contributed by atoms with van der Waals surface area (Å²) in [5.41, 5.74) is 3.01. The molecule has 3 aromatic rings. The molecule has 3 heterocycles. The van der Waals surface area contributed by atoms with Gasteiger partial charge >= 0.3 is 0 Å². The van der Waals surface area contributed by atoms with Crippen molar-refractivity contribution in [2.24, 2.45) is 0 Å². The van der Waals surface area contributed by atoms with Crippen LogP contribution in [0, 0.1) is 0 Å². The number of aromatic nitrogens is 3. The van der Waals surface area contributed by atoms with E-state index in [1.54, 1.807) is 30.4 Å². The minimum Gasteiger partial charge on any atom is -0.493 e. The molecule has 0 aliphatic carbocycles. The predicted molar refractivity (Wildman–Crippen MR) is 105 cm³/mol. The summed E-state index contributed by atoms with van der Waals surface area (Å²) in [6.45, 7) is 1.33. The van der Waals surface area contributed by atoms with Gasteiger partial charge in [-0.2, -0.15) is 0 Å². The predicted octanol–water partition coefficient (Wildman–Crippen LogP) is 3.75. The van der Waals surface area contributed by atoms with Gasteiger partial charge in [-0.25, -0.2) is 9.97 Å². The van der Waals surface area contributed by atoms with E-state index in [1.807, 2.05) is 29.2 Å². The third-order valence-electron chi connectivity index (χ3n) is 4.69. The highest BCUT2D eigenvalue weighted by Gasteiger charge is 2.27. The highest BCUT2D eigenvalue weighted by atomic mass is 32.1. The Balaban J connectivity index is 1.50. The smallest absolute Gasteiger partial charge is 0.273 e. The van der Waals surface area contributed by atoms with Gasteiger partial charge in [0.2, 0.25) is 5.88 Å². The van der Waals surface area contributed by atoms with E-state index in [9.17, 15) is 4.79 Å². The van der Waals surface area contributed by atoms with E-state index in [-0.39, 0.29) is 11.8 Å². The van der Waals surface area contributed by atoms with Crippen LogP contribution in [0.15, 0.2) is 47.5 Å². The summed E-state index contributed by atoms with van der Waals surface area (Å²) in [5.74, 6) is 1.71. The second kappa shape index (κ2) is 8.35. The number of ether oxygens (including phenoxy) is 2. The van der Waals surface area contributed by atoms with E-state index in [1.165, 1.54) is 11.3 Å². The number of likely N-dealkylation sites (tertiary alicyclic amines) is 1. The quantitative estimate of drug-likeness (QED) is 0.654. The first-order chi connectivity index (χ1) is 13.7. The molecule has 1 atom stereocenters. The number of carbonyl (C=O) groups is 1. The molecule has 1 fully saturated rings. The van der Waals surface area contributed by atoms with Crippen LogP contribution in [0.4, 0.5) is 0 Å². The standard InChI is InChI=1S/C20H20N4O3S/c1-26-17-6-2-3-7-18(17)27-19-10-21-9-15(23-19)14-5-4-8-24(11-14)20(25)16-12-28-13-22-16/h2-3,6-7,9-10,12-14H,4-5,8,11H2,1H3. The van der Waals surface area contributed by atoms with E-state index >= 15 is 0 Å². The van der Waals surface area contributed by atoms with Crippen molar-refractivity contribution in [3.8, 4) is 17.4 Å². The second-order valence-electron chi connectivity index (χ2n) is 6.50. The van der Waals surface area contributed by atoms with Crippen LogP contribution in [0.1, 0.15) is 34.9 Å². The summed E-state index contributed by atoms with van der Waals surface area (Å²) in [7, 11) is 1.60. The molecule has 28 heavy (non-hydrogen) atoms. The van der Waals surface area contributed by atoms with Crippen molar-refractivity contribution in [3.63, 3.8) is 0 Å². The number of thiazole rings is 1. The largest absolute Gasteiger partial charge is 0.493 e. The molecular weight excluding hydrogens is 376 g/mol. The number of hydrogen-bond donors (Lipinski definition) is 0. The zero-order chi connectivity index (χ0) is 19.3. The number of carbonyl (C=O) groups excluding carboxylic acids is 1. The SMILES string of the molecule is COc1ccccc1Oc1cncc(C2CCCN(C(=O)c3cscn3)C2)n1. The Morgan fingerprint density at radius 1 is 1.25 bits per heavy atom. The molecule has 1 aromatic carbocycles. The summed E-state index contributed by atoms with van der Waals surface area (Å²) < 4.78 is 11.2. The number of rotatable bonds is 5. The molecule has 0 spiro atoms. The number of methoxy groups -OCH3 is 1. The Kier molecular flexibility index (Phi) is 5.48. The van der Waals surface area contributed by atoms with Gasteiger partial charge < -0.3 is 14.4 Å². The summed E-state index contributed by atoms with van der Waals surface area (Å²) in [4.78, 5) is 27.5. The fraction of sp³-hybridized carbons (Fsp3) is 0.300. The maximum absolute atomic E-state index is 12.6. The van der Waals surface area contributed by atoms with Crippen molar-refractivity contribution in [1.82, 2.24) is 19.9 Å². The Bertz CT molecular complexity index is 948. The molecule has 1 aliphatic heterocycles. The van der Waals surface area contributed by atoms with E-state index < -0.39 is 0 Å². The number of amides is 1. The number of piperidine rings is 1. The normalized spacial score (nSPS) is 16.6. The number of nitrogens with zero attached hydrogens (tertiary/aromatic N) is 4. The van der Waals surface area contributed by atoms with Gasteiger partial charge in [-0.1, -0.05) is 12.1 Å². The van der Waals surface area contributed by atoms with E-state index in [0.717, 1.165) is 25.1 Å². The maximum Gasteiger partial charge on any atom is 0.273 e. The van der Waals surface area contributed by atoms with Gasteiger partial charge in [-0.3, -0.25) is 9.78 Å². The van der Waals surface area contributed by atoms with Crippen molar-refractivity contribution < 1.29 is 14.3 Å². The zero-order valence-corrected chi connectivity index (χ0v) is 16.3. The van der Waals surface area contributed by atoms with Crippen molar-refractivity contribution >= 4 is 17.2 Å². The van der Waals surface area contributed by atoms with Crippen LogP contribution in [0.25, 0.3) is 0 Å². The van der Waals surface area contributed by atoms with E-state index in [2.05, 4.69) is 15.0 Å². The van der Waals surface area contributed by atoms with Gasteiger partial charge in [-0.15, -0.1) is 11.3 Å². The number of para-hydroxylation sites is 2. The van der Waals surface area contributed by atoms with Crippen LogP contribution >= 0.6 is 11.3 Å². The molecule has 1 unspecified atom stereocenters. The fourth-order valence-electron chi connectivity index (χ4n) is 3.31. The van der Waals surface area contributed by atoms with Gasteiger partial charge in [0.1, 0.15) is 5.69 Å². The van der Waals surface area contributed by atoms with Crippen molar-refractivity contribution in [2.45, 2.75) is 18.8 Å². The topological polar surface area (TPSA) is 77.4 Å². The third kappa shape index (κ3) is 3.96. The lowest BCUT2D eigenvalue weighted by molar-refractivity contribution is 0.0700. The average Bonchev–Trinajstić information content (AvgIpc) is 3.29. The molecular formula is C20H20N4O3S. The molecule has 1 amide bonds. The summed E-state index contributed by atoms with van der Waals surface area (Å²) in [6.07, 6.45) is 5.20. The van der Waals surface area contributed by atoms with Gasteiger partial charge in [-0.05, 0) is 25.0 Å². The Labute approximate surface area is 167 Å². The van der Waals surface area contributed by atoms with Crippen molar-refractivity contribution in [3.05, 3.63) is 58.9 Å². The van der Waals surface area contributed by atoms with Crippen molar-refractivity contribution in [1.29, 1.82) is 0 Å². The highest BCUT2D eigenvalue weighted by Crippen LogP contribution is 2.31. The highest BCUT2D eigenvalue weighted by molar-refractivity contribution is 7.07. The molecule has 0 radical (unpaired) electrons. The Morgan fingerprint density at radius 2 is 2.11 bits per heavy atom. The molecule has 2 aromatic heterocycles. The van der Waals surface area contributed by atoms with Crippen LogP contribution in [0.3, 0.4) is 0 Å². The van der Waals surface area contributed by atoms with Crippen LogP contribution in [0.5, 0.6) is 17.4 Å². The Hall–Kier alpha value is -3.00. The summed E-state index contributed by atoms with van der Waals surface area (Å²) in [5, 5.41) is 1.79. The van der Waals surface area contributed by atoms with Crippen LogP contribution in [-0.2, 0) is 0 Å². The lowest BCUT2D eigenvalue weighted by Crippen LogP contribution is -2.39. The first-order valence-electron chi connectivity index (χ1n) is 9.05. The lowest BCUT2D eigenvalue weighted by Gasteiger charge is -2.32.